The van der Waals surface area contributed by atoms with Gasteiger partial charge >= 0.3 is 0 Å². The first-order valence-corrected chi connectivity index (χ1v) is 14.3. The summed E-state index contributed by atoms with van der Waals surface area (Å²) in [5, 5.41) is -0.229. The number of carbonyl (C=O) groups excluding carboxylic acids is 2. The lowest BCUT2D eigenvalue weighted by Crippen LogP contribution is -2.61. The Bertz CT molecular complexity index is 1710. The van der Waals surface area contributed by atoms with Gasteiger partial charge in [-0.3, -0.25) is 9.59 Å². The largest absolute Gasteiger partial charge is 0.479 e. The number of nitrogens with zero attached hydrogens (tertiary/aromatic N) is 1. The predicted octanol–water partition coefficient (Wildman–Crippen LogP) is 7.43. The van der Waals surface area contributed by atoms with Crippen LogP contribution in [-0.2, 0) is 15.1 Å². The van der Waals surface area contributed by atoms with Crippen molar-refractivity contribution in [2.45, 2.75) is 35.8 Å². The van der Waals surface area contributed by atoms with Crippen molar-refractivity contribution in [3.8, 4) is 0 Å². The lowest BCUT2D eigenvalue weighted by Gasteiger charge is -2.50. The Kier molecular flexibility index (Phi) is 5.79. The van der Waals surface area contributed by atoms with Crippen LogP contribution in [0.1, 0.15) is 35.3 Å². The fraction of sp³-hybridized carbons (Fsp3) is 0.143. The maximum atomic E-state index is 14.8. The topological polar surface area (TPSA) is 46.6 Å². The number of Topliss-reactive ketones (excluding diaryl/α,β-unsaturated/α-hetero) is 2. The number of ether oxygens (including phenoxy) is 1. The van der Waals surface area contributed by atoms with Gasteiger partial charge in [0.25, 0.3) is 0 Å². The third-order valence-corrected chi connectivity index (χ3v) is 9.33. The van der Waals surface area contributed by atoms with E-state index in [-0.39, 0.29) is 16.9 Å². The number of thioether (sulfide) groups is 1. The Labute approximate surface area is 238 Å². The molecule has 0 aromatic heterocycles. The maximum Gasteiger partial charge on any atom is 0.190 e. The molecule has 40 heavy (non-hydrogen) atoms. The molecule has 0 N–H and O–H groups in total. The smallest absolute Gasteiger partial charge is 0.190 e. The monoisotopic (exact) mass is 541 g/mol. The lowest BCUT2D eigenvalue weighted by atomic mass is 9.69. The zero-order valence-corrected chi connectivity index (χ0v) is 23.0. The number of hydrogen-bond donors (Lipinski definition) is 0. The SMILES string of the molecule is CC(=O)C1=C(C)O[C@]2(c3ccccc3)C1=C(c1ccccc1)[C@@H]1Sc3ccccc3N1[C@H]2C(=O)c1ccccc1. The Morgan fingerprint density at radius 3 is 2.08 bits per heavy atom. The number of anilines is 1. The van der Waals surface area contributed by atoms with Crippen molar-refractivity contribution in [3.05, 3.63) is 149 Å². The Morgan fingerprint density at radius 1 is 0.800 bits per heavy atom. The molecule has 3 heterocycles. The number of benzene rings is 4. The molecular weight excluding hydrogens is 514 g/mol. The van der Waals surface area contributed by atoms with Crippen LogP contribution >= 0.6 is 11.8 Å². The van der Waals surface area contributed by atoms with Gasteiger partial charge in [-0.2, -0.15) is 0 Å². The molecule has 4 nitrogen and oxygen atoms in total. The molecule has 4 aromatic carbocycles. The zero-order valence-electron chi connectivity index (χ0n) is 22.2. The molecule has 0 saturated heterocycles. The first kappa shape index (κ1) is 24.7. The minimum absolute atomic E-state index is 0.0473. The van der Waals surface area contributed by atoms with Crippen LogP contribution in [0.15, 0.2) is 137 Å². The fourth-order valence-electron chi connectivity index (χ4n) is 6.54. The van der Waals surface area contributed by atoms with Crippen molar-refractivity contribution in [3.63, 3.8) is 0 Å². The van der Waals surface area contributed by atoms with E-state index >= 15 is 0 Å². The highest BCUT2D eigenvalue weighted by Gasteiger charge is 2.64. The highest BCUT2D eigenvalue weighted by molar-refractivity contribution is 8.01. The van der Waals surface area contributed by atoms with Crippen molar-refractivity contribution in [2.75, 3.05) is 4.90 Å². The van der Waals surface area contributed by atoms with Gasteiger partial charge in [-0.25, -0.2) is 0 Å². The molecule has 0 saturated carbocycles. The van der Waals surface area contributed by atoms with Crippen molar-refractivity contribution >= 4 is 34.6 Å². The Hall–Kier alpha value is -4.35. The third kappa shape index (κ3) is 3.47. The Balaban J connectivity index is 1.64. The highest BCUT2D eigenvalue weighted by atomic mass is 32.2. The van der Waals surface area contributed by atoms with Gasteiger partial charge in [0.05, 0.1) is 11.3 Å². The molecule has 3 aliphatic rings. The molecule has 196 valence electrons. The minimum Gasteiger partial charge on any atom is -0.479 e. The number of hydrogen-bond acceptors (Lipinski definition) is 5. The van der Waals surface area contributed by atoms with Crippen molar-refractivity contribution in [2.24, 2.45) is 0 Å². The first-order valence-electron chi connectivity index (χ1n) is 13.4. The molecule has 0 unspecified atom stereocenters. The second kappa shape index (κ2) is 9.39. The fourth-order valence-corrected chi connectivity index (χ4v) is 7.96. The number of rotatable bonds is 5. The third-order valence-electron chi connectivity index (χ3n) is 8.05. The number of ketones is 2. The van der Waals surface area contributed by atoms with Gasteiger partial charge in [-0.1, -0.05) is 115 Å². The van der Waals surface area contributed by atoms with E-state index in [1.807, 2.05) is 97.9 Å². The standard InChI is InChI=1S/C35H27NO3S/c1-22(37)29-23(2)39-35(26-18-10-5-11-19-26)31(29)30(24-14-6-3-7-15-24)34-36(27-20-12-13-21-28(27)40-34)33(35)32(38)25-16-8-4-9-17-25/h3-21,33-34H,1-2H3/t33-,34-,35+/m0/s1. The molecule has 4 aromatic rings. The van der Waals surface area contributed by atoms with Crippen LogP contribution in [0.25, 0.3) is 5.57 Å². The zero-order chi connectivity index (χ0) is 27.4. The van der Waals surface area contributed by atoms with Crippen molar-refractivity contribution in [1.82, 2.24) is 0 Å². The predicted molar refractivity (Wildman–Crippen MR) is 159 cm³/mol. The first-order chi connectivity index (χ1) is 19.5. The van der Waals surface area contributed by atoms with Crippen LogP contribution in [0.5, 0.6) is 0 Å². The molecule has 5 heteroatoms. The van der Waals surface area contributed by atoms with E-state index in [0.717, 1.165) is 32.9 Å². The van der Waals surface area contributed by atoms with E-state index in [4.69, 9.17) is 4.74 Å². The molecule has 3 aliphatic heterocycles. The number of para-hydroxylation sites is 1. The summed E-state index contributed by atoms with van der Waals surface area (Å²) in [5.41, 5.74) is 4.58. The van der Waals surface area contributed by atoms with Gasteiger partial charge in [-0.05, 0) is 31.5 Å². The average Bonchev–Trinajstić information content (AvgIpc) is 3.52. The summed E-state index contributed by atoms with van der Waals surface area (Å²) in [6, 6.07) is 37.0. The molecule has 0 spiro atoms. The van der Waals surface area contributed by atoms with Gasteiger partial charge < -0.3 is 9.64 Å². The van der Waals surface area contributed by atoms with Gasteiger partial charge in [0.15, 0.2) is 17.2 Å². The van der Waals surface area contributed by atoms with E-state index in [2.05, 4.69) is 29.2 Å². The van der Waals surface area contributed by atoms with E-state index in [9.17, 15) is 9.59 Å². The van der Waals surface area contributed by atoms with Gasteiger partial charge in [0.2, 0.25) is 0 Å². The summed E-state index contributed by atoms with van der Waals surface area (Å²) in [5.74, 6) is 0.428. The summed E-state index contributed by atoms with van der Waals surface area (Å²) >= 11 is 1.72. The van der Waals surface area contributed by atoms with Crippen molar-refractivity contribution < 1.29 is 14.3 Å². The van der Waals surface area contributed by atoms with Gasteiger partial charge in [0, 0.05) is 27.2 Å². The van der Waals surface area contributed by atoms with Crippen LogP contribution < -0.4 is 4.90 Å². The van der Waals surface area contributed by atoms with Crippen LogP contribution in [0.2, 0.25) is 0 Å². The highest BCUT2D eigenvalue weighted by Crippen LogP contribution is 2.63. The van der Waals surface area contributed by atoms with Crippen LogP contribution in [0.4, 0.5) is 5.69 Å². The molecule has 3 atom stereocenters. The number of fused-ring (bicyclic) bond motifs is 4. The normalized spacial score (nSPS) is 22.9. The molecule has 0 bridgehead atoms. The summed E-state index contributed by atoms with van der Waals surface area (Å²) in [6.45, 7) is 3.45. The summed E-state index contributed by atoms with van der Waals surface area (Å²) < 4.78 is 6.97. The molecule has 0 radical (unpaired) electrons. The van der Waals surface area contributed by atoms with Crippen molar-refractivity contribution in [1.29, 1.82) is 0 Å². The van der Waals surface area contributed by atoms with E-state index < -0.39 is 11.6 Å². The molecular formula is C35H27NO3S. The maximum absolute atomic E-state index is 14.8. The van der Waals surface area contributed by atoms with E-state index in [1.54, 1.807) is 18.7 Å². The summed E-state index contributed by atoms with van der Waals surface area (Å²) in [7, 11) is 0. The number of carbonyl (C=O) groups is 2. The average molecular weight is 542 g/mol. The molecule has 7 rings (SSSR count). The van der Waals surface area contributed by atoms with Crippen LogP contribution in [0, 0.1) is 0 Å². The Morgan fingerprint density at radius 2 is 1.40 bits per heavy atom. The number of allylic oxidation sites excluding steroid dienone is 1. The molecule has 0 aliphatic carbocycles. The summed E-state index contributed by atoms with van der Waals surface area (Å²) in [4.78, 5) is 31.6. The summed E-state index contributed by atoms with van der Waals surface area (Å²) in [6.07, 6.45) is 0. The lowest BCUT2D eigenvalue weighted by molar-refractivity contribution is -0.113. The van der Waals surface area contributed by atoms with Gasteiger partial charge in [0.1, 0.15) is 17.2 Å². The van der Waals surface area contributed by atoms with Gasteiger partial charge in [-0.15, -0.1) is 0 Å². The van der Waals surface area contributed by atoms with E-state index in [1.165, 1.54) is 0 Å². The van der Waals surface area contributed by atoms with E-state index in [0.29, 0.717) is 16.9 Å². The minimum atomic E-state index is -1.24. The molecule has 0 fully saturated rings. The quantitative estimate of drug-likeness (QED) is 0.246. The van der Waals surface area contributed by atoms with Crippen LogP contribution in [0.3, 0.4) is 0 Å². The van der Waals surface area contributed by atoms with Crippen LogP contribution in [-0.4, -0.2) is 23.0 Å². The second-order valence-corrected chi connectivity index (χ2v) is 11.4. The second-order valence-electron chi connectivity index (χ2n) is 10.3. The molecule has 0 amide bonds.